The van der Waals surface area contributed by atoms with Crippen LogP contribution in [0.2, 0.25) is 0 Å². The third-order valence-electron chi connectivity index (χ3n) is 8.96. The summed E-state index contributed by atoms with van der Waals surface area (Å²) in [7, 11) is 0. The van der Waals surface area contributed by atoms with Gasteiger partial charge in [0.25, 0.3) is 6.71 Å². The maximum Gasteiger partial charge on any atom is 0.280 e. The molecule has 0 saturated carbocycles. The zero-order valence-corrected chi connectivity index (χ0v) is 25.6. The second kappa shape index (κ2) is 9.63. The molecule has 0 N–H and O–H groups in total. The molecule has 0 amide bonds. The Kier molecular flexibility index (Phi) is 5.38. The van der Waals surface area contributed by atoms with Gasteiger partial charge in [-0.25, -0.2) is 9.97 Å². The molecule has 0 atom stereocenters. The number of fused-ring (bicyclic) bond motifs is 9. The van der Waals surface area contributed by atoms with Crippen LogP contribution < -0.4 is 20.7 Å². The summed E-state index contributed by atoms with van der Waals surface area (Å²) in [4.78, 5) is 12.4. The zero-order chi connectivity index (χ0) is 29.5. The van der Waals surface area contributed by atoms with Crippen LogP contribution >= 0.6 is 22.7 Å². The second-order valence-electron chi connectivity index (χ2n) is 11.4. The largest absolute Gasteiger partial charge is 0.319 e. The van der Waals surface area contributed by atoms with Crippen LogP contribution in [0.5, 0.6) is 0 Å². The molecule has 0 bridgehead atoms. The number of hydrogen-bond donors (Lipinski definition) is 0. The molecular formula is C38H23BN4S2. The van der Waals surface area contributed by atoms with Gasteiger partial charge in [0.15, 0.2) is 5.82 Å². The molecule has 1 aliphatic rings. The summed E-state index contributed by atoms with van der Waals surface area (Å²) in [5, 5.41) is 3.61. The first kappa shape index (κ1) is 25.1. The second-order valence-corrected chi connectivity index (χ2v) is 13.5. The topological polar surface area (TPSA) is 34.0 Å². The van der Waals surface area contributed by atoms with Crippen LogP contribution in [0.3, 0.4) is 0 Å². The fourth-order valence-electron chi connectivity index (χ4n) is 7.15. The normalized spacial score (nSPS) is 12.8. The summed E-state index contributed by atoms with van der Waals surface area (Å²) in [5.41, 5.74) is 8.25. The van der Waals surface area contributed by atoms with Gasteiger partial charge in [-0.05, 0) is 30.3 Å². The molecule has 0 spiro atoms. The van der Waals surface area contributed by atoms with E-state index in [9.17, 15) is 0 Å². The zero-order valence-electron chi connectivity index (χ0n) is 24.0. The minimum atomic E-state index is 0.0252. The first-order valence-corrected chi connectivity index (χ1v) is 16.7. The SMILES string of the molecule is c1ccc(B2c3sc4ccccc4c3N(c3ncnc4c3sc3ccccc34)c3c2n(-c2ccccc2)c2ccccc32)cc1. The van der Waals surface area contributed by atoms with Crippen molar-refractivity contribution in [3.63, 3.8) is 0 Å². The van der Waals surface area contributed by atoms with Crippen molar-refractivity contribution in [1.82, 2.24) is 14.5 Å². The number of para-hydroxylation sites is 2. The molecule has 210 valence electrons. The van der Waals surface area contributed by atoms with Crippen LogP contribution in [-0.2, 0) is 0 Å². The Balaban J connectivity index is 1.42. The maximum atomic E-state index is 5.12. The van der Waals surface area contributed by atoms with Gasteiger partial charge >= 0.3 is 0 Å². The Labute approximate surface area is 267 Å². The predicted octanol–water partition coefficient (Wildman–Crippen LogP) is 8.30. The number of nitrogens with zero attached hydrogens (tertiary/aromatic N) is 4. The molecular weight excluding hydrogens is 587 g/mol. The Hall–Kier alpha value is -5.24. The summed E-state index contributed by atoms with van der Waals surface area (Å²) in [6.45, 7) is 0.0252. The Morgan fingerprint density at radius 3 is 2.00 bits per heavy atom. The van der Waals surface area contributed by atoms with E-state index in [0.717, 1.165) is 21.7 Å². The number of thiophene rings is 2. The van der Waals surface area contributed by atoms with E-state index in [2.05, 4.69) is 143 Å². The molecule has 0 unspecified atom stereocenters. The molecule has 4 aromatic heterocycles. The van der Waals surface area contributed by atoms with E-state index in [1.54, 1.807) is 17.7 Å². The minimum Gasteiger partial charge on any atom is -0.319 e. The quantitative estimate of drug-likeness (QED) is 0.189. The number of aromatic nitrogens is 3. The van der Waals surface area contributed by atoms with Crippen molar-refractivity contribution >= 4 is 104 Å². The van der Waals surface area contributed by atoms with E-state index in [4.69, 9.17) is 9.97 Å². The lowest BCUT2D eigenvalue weighted by Gasteiger charge is -2.34. The van der Waals surface area contributed by atoms with Gasteiger partial charge in [-0.15, -0.1) is 22.7 Å². The van der Waals surface area contributed by atoms with Gasteiger partial charge in [0, 0.05) is 41.6 Å². The van der Waals surface area contributed by atoms with Gasteiger partial charge < -0.3 is 4.57 Å². The molecule has 0 saturated heterocycles. The van der Waals surface area contributed by atoms with Crippen molar-refractivity contribution in [2.24, 2.45) is 0 Å². The molecule has 5 aromatic carbocycles. The lowest BCUT2D eigenvalue weighted by Crippen LogP contribution is -2.58. The Morgan fingerprint density at radius 2 is 1.20 bits per heavy atom. The Bertz CT molecular complexity index is 2570. The highest BCUT2D eigenvalue weighted by Gasteiger charge is 2.43. The van der Waals surface area contributed by atoms with Crippen LogP contribution in [0, 0.1) is 0 Å². The first-order chi connectivity index (χ1) is 22.4. The van der Waals surface area contributed by atoms with Crippen LogP contribution in [0.25, 0.3) is 47.0 Å². The number of anilines is 3. The van der Waals surface area contributed by atoms with Crippen molar-refractivity contribution in [2.75, 3.05) is 4.90 Å². The summed E-state index contributed by atoms with van der Waals surface area (Å²) in [6.07, 6.45) is 1.74. The number of rotatable bonds is 3. The average molecular weight is 611 g/mol. The molecule has 0 aliphatic carbocycles. The van der Waals surface area contributed by atoms with Gasteiger partial charge in [-0.1, -0.05) is 109 Å². The van der Waals surface area contributed by atoms with Gasteiger partial charge in [0.2, 0.25) is 0 Å². The summed E-state index contributed by atoms with van der Waals surface area (Å²) in [6, 6.07) is 48.0. The molecule has 4 nitrogen and oxygen atoms in total. The molecule has 45 heavy (non-hydrogen) atoms. The number of hydrogen-bond acceptors (Lipinski definition) is 5. The van der Waals surface area contributed by atoms with E-state index in [-0.39, 0.29) is 6.71 Å². The van der Waals surface area contributed by atoms with E-state index in [1.165, 1.54) is 58.3 Å². The first-order valence-electron chi connectivity index (χ1n) is 15.0. The van der Waals surface area contributed by atoms with Crippen LogP contribution in [0.1, 0.15) is 0 Å². The van der Waals surface area contributed by atoms with E-state index in [0.29, 0.717) is 0 Å². The van der Waals surface area contributed by atoms with E-state index < -0.39 is 0 Å². The molecule has 7 heteroatoms. The monoisotopic (exact) mass is 610 g/mol. The van der Waals surface area contributed by atoms with Gasteiger partial charge in [-0.2, -0.15) is 0 Å². The summed E-state index contributed by atoms with van der Waals surface area (Å²) >= 11 is 3.67. The van der Waals surface area contributed by atoms with Crippen molar-refractivity contribution in [1.29, 1.82) is 0 Å². The molecule has 1 aliphatic heterocycles. The third-order valence-corrected chi connectivity index (χ3v) is 11.3. The molecule has 0 fully saturated rings. The molecule has 10 rings (SSSR count). The fraction of sp³-hybridized carbons (Fsp3) is 0. The van der Waals surface area contributed by atoms with Crippen LogP contribution in [0.15, 0.2) is 140 Å². The van der Waals surface area contributed by atoms with Crippen molar-refractivity contribution in [2.45, 2.75) is 0 Å². The van der Waals surface area contributed by atoms with Crippen molar-refractivity contribution in [3.8, 4) is 5.69 Å². The van der Waals surface area contributed by atoms with Crippen molar-refractivity contribution in [3.05, 3.63) is 140 Å². The average Bonchev–Trinajstić information content (AvgIpc) is 3.78. The highest BCUT2D eigenvalue weighted by atomic mass is 32.1. The van der Waals surface area contributed by atoms with Crippen LogP contribution in [0.4, 0.5) is 17.2 Å². The van der Waals surface area contributed by atoms with E-state index in [1.807, 2.05) is 11.3 Å². The standard InChI is InChI=1S/C38H23BN4S2/c1-3-13-24(14-4-1)39-36-33(26-17-7-10-20-29(26)42(36)25-15-5-2-6-16-25)43(34-28-19-9-12-22-31(28)45-37(34)39)38-35-32(40-23-41-38)27-18-8-11-21-30(27)44-35/h1-23H. The highest BCUT2D eigenvalue weighted by molar-refractivity contribution is 7.33. The van der Waals surface area contributed by atoms with Crippen LogP contribution in [-0.4, -0.2) is 21.2 Å². The smallest absolute Gasteiger partial charge is 0.280 e. The lowest BCUT2D eigenvalue weighted by atomic mass is 9.39. The fourth-order valence-corrected chi connectivity index (χ4v) is 9.61. The molecule has 9 aromatic rings. The van der Waals surface area contributed by atoms with E-state index >= 15 is 0 Å². The highest BCUT2D eigenvalue weighted by Crippen LogP contribution is 2.49. The lowest BCUT2D eigenvalue weighted by molar-refractivity contribution is 1.14. The van der Waals surface area contributed by atoms with Gasteiger partial charge in [0.05, 0.1) is 27.1 Å². The van der Waals surface area contributed by atoms with Crippen molar-refractivity contribution < 1.29 is 0 Å². The summed E-state index contributed by atoms with van der Waals surface area (Å²) < 4.78 is 7.39. The summed E-state index contributed by atoms with van der Waals surface area (Å²) in [5.74, 6) is 0.926. The minimum absolute atomic E-state index is 0.0252. The molecule has 0 radical (unpaired) electrons. The van der Waals surface area contributed by atoms with Gasteiger partial charge in [0.1, 0.15) is 6.33 Å². The predicted molar refractivity (Wildman–Crippen MR) is 193 cm³/mol. The Morgan fingerprint density at radius 1 is 0.556 bits per heavy atom. The molecule has 5 heterocycles. The maximum absolute atomic E-state index is 5.12. The van der Waals surface area contributed by atoms with Gasteiger partial charge in [-0.3, -0.25) is 4.90 Å². The number of benzene rings is 5. The third kappa shape index (κ3) is 3.53.